The molecule has 0 aliphatic heterocycles. The molecule has 0 atom stereocenters. The number of nitrogen functional groups attached to an aromatic ring is 2. The zero-order valence-electron chi connectivity index (χ0n) is 17.8. The fourth-order valence-corrected chi connectivity index (χ4v) is 2.99. The predicted octanol–water partition coefficient (Wildman–Crippen LogP) is 3.60. The Hall–Kier alpha value is -2.98. The molecule has 0 spiro atoms. The van der Waals surface area contributed by atoms with Crippen LogP contribution in [0.3, 0.4) is 0 Å². The molecule has 2 rings (SSSR count). The Balaban J connectivity index is 2.07. The van der Waals surface area contributed by atoms with E-state index in [2.05, 4.69) is 37.3 Å². The average Bonchev–Trinajstić information content (AvgIpc) is 2.75. The van der Waals surface area contributed by atoms with Crippen molar-refractivity contribution in [3.63, 3.8) is 0 Å². The largest absolute Gasteiger partial charge is 0.462 e. The van der Waals surface area contributed by atoms with Crippen LogP contribution in [-0.4, -0.2) is 59.5 Å². The smallest absolute Gasteiger partial charge is 0.338 e. The van der Waals surface area contributed by atoms with Crippen molar-refractivity contribution in [1.29, 1.82) is 0 Å². The van der Waals surface area contributed by atoms with Crippen LogP contribution in [0, 0.1) is 0 Å². The van der Waals surface area contributed by atoms with Gasteiger partial charge in [-0.25, -0.2) is 4.79 Å². The molecule has 31 heavy (non-hydrogen) atoms. The van der Waals surface area contributed by atoms with Gasteiger partial charge in [0.15, 0.2) is 17.3 Å². The number of aromatic nitrogens is 2. The summed E-state index contributed by atoms with van der Waals surface area (Å²) in [6, 6.07) is 6.56. The minimum atomic E-state index is -0.388. The van der Waals surface area contributed by atoms with Gasteiger partial charge in [-0.05, 0) is 50.7 Å². The average molecular weight is 449 g/mol. The van der Waals surface area contributed by atoms with Crippen LogP contribution in [-0.2, 0) is 4.74 Å². The number of azo groups is 1. The van der Waals surface area contributed by atoms with E-state index < -0.39 is 0 Å². The van der Waals surface area contributed by atoms with Gasteiger partial charge < -0.3 is 26.4 Å². The lowest BCUT2D eigenvalue weighted by Gasteiger charge is -2.19. The number of nitrogens with two attached hydrogens (primary N) is 2. The summed E-state index contributed by atoms with van der Waals surface area (Å²) in [7, 11) is 0. The molecular formula is C20H29ClN8O2. The summed E-state index contributed by atoms with van der Waals surface area (Å²) in [5, 5.41) is 11.6. The van der Waals surface area contributed by atoms with Crippen molar-refractivity contribution in [2.24, 2.45) is 10.2 Å². The van der Waals surface area contributed by atoms with Gasteiger partial charge in [0.25, 0.3) is 0 Å². The molecule has 5 N–H and O–H groups in total. The van der Waals surface area contributed by atoms with Crippen LogP contribution in [0.4, 0.5) is 29.0 Å². The Morgan fingerprint density at radius 3 is 2.55 bits per heavy atom. The maximum atomic E-state index is 11.7. The van der Waals surface area contributed by atoms with Crippen LogP contribution in [0.5, 0.6) is 0 Å². The van der Waals surface area contributed by atoms with Crippen LogP contribution in [0.1, 0.15) is 30.6 Å². The van der Waals surface area contributed by atoms with E-state index in [1.54, 1.807) is 31.2 Å². The molecule has 0 aliphatic rings. The summed E-state index contributed by atoms with van der Waals surface area (Å²) in [4.78, 5) is 22.2. The molecular weight excluding hydrogens is 420 g/mol. The maximum Gasteiger partial charge on any atom is 0.338 e. The fourth-order valence-electron chi connectivity index (χ4n) is 2.76. The van der Waals surface area contributed by atoms with Gasteiger partial charge in [-0.15, -0.1) is 16.7 Å². The molecule has 1 aromatic heterocycles. The summed E-state index contributed by atoms with van der Waals surface area (Å²) in [6.45, 7) is 7.50. The van der Waals surface area contributed by atoms with E-state index in [0.29, 0.717) is 41.8 Å². The Bertz CT molecular complexity index is 876. The molecule has 1 heterocycles. The van der Waals surface area contributed by atoms with Gasteiger partial charge >= 0.3 is 5.97 Å². The van der Waals surface area contributed by atoms with Crippen molar-refractivity contribution in [3.05, 3.63) is 29.8 Å². The molecule has 0 saturated heterocycles. The standard InChI is InChI=1S/C20H29ClN8O2/c1-3-29(13-10-21)12-5-11-24-18-16(17(22)25-20(23)26-18)28-27-15-8-6-14(7-9-15)19(30)31-4-2/h6-9H,3-5,10-13H2,1-2H3,(H5,22,23,24,25,26). The summed E-state index contributed by atoms with van der Waals surface area (Å²) in [6.07, 6.45) is 0.875. The van der Waals surface area contributed by atoms with Crippen molar-refractivity contribution in [2.75, 3.05) is 55.5 Å². The highest BCUT2D eigenvalue weighted by Crippen LogP contribution is 2.31. The van der Waals surface area contributed by atoms with Gasteiger partial charge in [0.05, 0.1) is 17.9 Å². The number of halogens is 1. The normalized spacial score (nSPS) is 11.2. The van der Waals surface area contributed by atoms with Crippen LogP contribution in [0.25, 0.3) is 0 Å². The highest BCUT2D eigenvalue weighted by molar-refractivity contribution is 6.18. The number of nitrogens with one attached hydrogen (secondary N) is 1. The SMILES string of the molecule is CCOC(=O)c1ccc(N=Nc2c(N)nc(N)nc2NCCCN(CC)CCCl)cc1. The third-order valence-electron chi connectivity index (χ3n) is 4.36. The van der Waals surface area contributed by atoms with Gasteiger partial charge in [0.2, 0.25) is 5.95 Å². The summed E-state index contributed by atoms with van der Waals surface area (Å²) in [5.41, 5.74) is 13.0. The van der Waals surface area contributed by atoms with E-state index in [9.17, 15) is 4.79 Å². The lowest BCUT2D eigenvalue weighted by molar-refractivity contribution is 0.0526. The summed E-state index contributed by atoms with van der Waals surface area (Å²) < 4.78 is 4.97. The molecule has 0 radical (unpaired) electrons. The Morgan fingerprint density at radius 1 is 1.16 bits per heavy atom. The molecule has 0 aliphatic carbocycles. The molecule has 10 nitrogen and oxygen atoms in total. The lowest BCUT2D eigenvalue weighted by Crippen LogP contribution is -2.27. The molecule has 0 fully saturated rings. The third kappa shape index (κ3) is 7.65. The molecule has 1 aromatic carbocycles. The van der Waals surface area contributed by atoms with Crippen LogP contribution < -0.4 is 16.8 Å². The predicted molar refractivity (Wildman–Crippen MR) is 123 cm³/mol. The van der Waals surface area contributed by atoms with Crippen molar-refractivity contribution in [2.45, 2.75) is 20.3 Å². The lowest BCUT2D eigenvalue weighted by atomic mass is 10.2. The van der Waals surface area contributed by atoms with Crippen LogP contribution in [0.15, 0.2) is 34.5 Å². The zero-order valence-corrected chi connectivity index (χ0v) is 18.6. The molecule has 0 saturated carbocycles. The molecule has 168 valence electrons. The quantitative estimate of drug-likeness (QED) is 0.193. The van der Waals surface area contributed by atoms with Crippen molar-refractivity contribution >= 4 is 46.5 Å². The monoisotopic (exact) mass is 448 g/mol. The number of carbonyl (C=O) groups excluding carboxylic acids is 1. The number of nitrogens with zero attached hydrogens (tertiary/aromatic N) is 5. The minimum Gasteiger partial charge on any atom is -0.462 e. The van der Waals surface area contributed by atoms with E-state index >= 15 is 0 Å². The number of esters is 1. The van der Waals surface area contributed by atoms with Gasteiger partial charge in [-0.2, -0.15) is 15.1 Å². The van der Waals surface area contributed by atoms with Gasteiger partial charge in [0.1, 0.15) is 0 Å². The van der Waals surface area contributed by atoms with E-state index in [4.69, 9.17) is 27.8 Å². The second-order valence-corrected chi connectivity index (χ2v) is 6.91. The number of rotatable bonds is 12. The Morgan fingerprint density at radius 2 is 1.90 bits per heavy atom. The van der Waals surface area contributed by atoms with E-state index in [-0.39, 0.29) is 17.7 Å². The summed E-state index contributed by atoms with van der Waals surface area (Å²) >= 11 is 5.82. The number of hydrogen-bond acceptors (Lipinski definition) is 10. The first kappa shape index (κ1) is 24.3. The molecule has 11 heteroatoms. The Labute approximate surface area is 187 Å². The number of carbonyl (C=O) groups is 1. The highest BCUT2D eigenvalue weighted by atomic mass is 35.5. The second-order valence-electron chi connectivity index (χ2n) is 6.54. The van der Waals surface area contributed by atoms with Crippen LogP contribution >= 0.6 is 11.6 Å². The molecule has 0 unspecified atom stereocenters. The first-order valence-electron chi connectivity index (χ1n) is 10.1. The number of alkyl halides is 1. The molecule has 0 bridgehead atoms. The minimum absolute atomic E-state index is 0.0510. The summed E-state index contributed by atoms with van der Waals surface area (Å²) in [5.74, 6) is 0.804. The highest BCUT2D eigenvalue weighted by Gasteiger charge is 2.12. The first-order chi connectivity index (χ1) is 15.0. The van der Waals surface area contributed by atoms with Crippen molar-refractivity contribution in [3.8, 4) is 0 Å². The molecule has 0 amide bonds. The number of ether oxygens (including phenoxy) is 1. The first-order valence-corrected chi connectivity index (χ1v) is 10.7. The van der Waals surface area contributed by atoms with Crippen LogP contribution in [0.2, 0.25) is 0 Å². The Kier molecular flexibility index (Phi) is 9.92. The van der Waals surface area contributed by atoms with Gasteiger partial charge in [0, 0.05) is 19.0 Å². The van der Waals surface area contributed by atoms with Crippen molar-refractivity contribution in [1.82, 2.24) is 14.9 Å². The van der Waals surface area contributed by atoms with E-state index in [0.717, 1.165) is 26.1 Å². The maximum absolute atomic E-state index is 11.7. The van der Waals surface area contributed by atoms with E-state index in [1.807, 2.05) is 0 Å². The topological polar surface area (TPSA) is 144 Å². The van der Waals surface area contributed by atoms with Crippen molar-refractivity contribution < 1.29 is 9.53 Å². The third-order valence-corrected chi connectivity index (χ3v) is 4.53. The number of anilines is 3. The second kappa shape index (κ2) is 12.7. The van der Waals surface area contributed by atoms with Gasteiger partial charge in [-0.3, -0.25) is 0 Å². The fraction of sp³-hybridized carbons (Fsp3) is 0.450. The zero-order chi connectivity index (χ0) is 22.6. The number of benzene rings is 1. The van der Waals surface area contributed by atoms with Gasteiger partial charge in [-0.1, -0.05) is 6.92 Å². The van der Waals surface area contributed by atoms with E-state index in [1.165, 1.54) is 0 Å². The number of hydrogen-bond donors (Lipinski definition) is 3. The molecule has 2 aromatic rings.